The molecule has 0 spiro atoms. The van der Waals surface area contributed by atoms with E-state index in [1.807, 2.05) is 24.3 Å². The second-order valence-electron chi connectivity index (χ2n) is 4.26. The quantitative estimate of drug-likeness (QED) is 0.746. The van der Waals surface area contributed by atoms with Crippen molar-refractivity contribution in [1.82, 2.24) is 19.6 Å². The smallest absolute Gasteiger partial charge is 0.254 e. The van der Waals surface area contributed by atoms with E-state index in [4.69, 9.17) is 0 Å². The second-order valence-corrected chi connectivity index (χ2v) is 5.21. The fraction of sp³-hybridized carbons (Fsp3) is 0.333. The van der Waals surface area contributed by atoms with Crippen molar-refractivity contribution in [2.75, 3.05) is 5.75 Å². The highest BCUT2D eigenvalue weighted by molar-refractivity contribution is 7.99. The summed E-state index contributed by atoms with van der Waals surface area (Å²) in [4.78, 5) is 4.34. The molecular formula is C12H12F2N4S. The third kappa shape index (κ3) is 2.18. The molecule has 0 saturated heterocycles. The maximum absolute atomic E-state index is 13.3. The lowest BCUT2D eigenvalue weighted by molar-refractivity contribution is 0.0235. The molecule has 0 aliphatic heterocycles. The average Bonchev–Trinajstić information content (AvgIpc) is 2.95. The topological polar surface area (TPSA) is 46.0 Å². The van der Waals surface area contributed by atoms with Crippen molar-refractivity contribution in [1.29, 1.82) is 0 Å². The van der Waals surface area contributed by atoms with Crippen LogP contribution in [-0.4, -0.2) is 31.3 Å². The van der Waals surface area contributed by atoms with Gasteiger partial charge in [-0.1, -0.05) is 30.8 Å². The first-order chi connectivity index (χ1) is 9.11. The average molecular weight is 282 g/mol. The molecule has 0 aliphatic carbocycles. The third-order valence-electron chi connectivity index (χ3n) is 2.93. The Morgan fingerprint density at radius 2 is 2.16 bits per heavy atom. The van der Waals surface area contributed by atoms with E-state index in [1.54, 1.807) is 4.40 Å². The number of H-pyrrole nitrogens is 1. The lowest BCUT2D eigenvalue weighted by Crippen LogP contribution is -2.17. The number of nitrogens with zero attached hydrogens (tertiary/aromatic N) is 3. The molecule has 7 heteroatoms. The molecule has 0 amide bonds. The Balaban J connectivity index is 2.00. The van der Waals surface area contributed by atoms with E-state index in [0.29, 0.717) is 10.9 Å². The fourth-order valence-corrected chi connectivity index (χ4v) is 2.78. The first-order valence-corrected chi connectivity index (χ1v) is 6.91. The summed E-state index contributed by atoms with van der Waals surface area (Å²) < 4.78 is 28.4. The fourth-order valence-electron chi connectivity index (χ4n) is 1.81. The number of nitrogens with one attached hydrogen (secondary N) is 1. The number of rotatable bonds is 4. The summed E-state index contributed by atoms with van der Waals surface area (Å²) >= 11 is 1.04. The Kier molecular flexibility index (Phi) is 2.93. The van der Waals surface area contributed by atoms with Crippen molar-refractivity contribution >= 4 is 28.6 Å². The molecule has 19 heavy (non-hydrogen) atoms. The summed E-state index contributed by atoms with van der Waals surface area (Å²) in [5.41, 5.74) is 1.69. The van der Waals surface area contributed by atoms with Gasteiger partial charge in [-0.2, -0.15) is 0 Å². The molecule has 3 rings (SSSR count). The number of hydrogen-bond donors (Lipinski definition) is 1. The number of aromatic amines is 1. The zero-order chi connectivity index (χ0) is 13.5. The van der Waals surface area contributed by atoms with E-state index >= 15 is 0 Å². The van der Waals surface area contributed by atoms with E-state index in [-0.39, 0.29) is 12.2 Å². The summed E-state index contributed by atoms with van der Waals surface area (Å²) in [7, 11) is 0. The number of imidazole rings is 1. The highest BCUT2D eigenvalue weighted by Crippen LogP contribution is 2.29. The van der Waals surface area contributed by atoms with E-state index in [0.717, 1.165) is 22.8 Å². The molecule has 0 unspecified atom stereocenters. The lowest BCUT2D eigenvalue weighted by atomic mass is 10.3. The van der Waals surface area contributed by atoms with Gasteiger partial charge in [-0.25, -0.2) is 18.9 Å². The van der Waals surface area contributed by atoms with Gasteiger partial charge in [0.25, 0.3) is 5.92 Å². The van der Waals surface area contributed by atoms with Crippen LogP contribution >= 0.6 is 11.8 Å². The number of aromatic nitrogens is 4. The molecule has 0 atom stereocenters. The number of halogens is 2. The highest BCUT2D eigenvalue weighted by Gasteiger charge is 2.27. The normalized spacial score (nSPS) is 12.6. The van der Waals surface area contributed by atoms with Gasteiger partial charge in [-0.3, -0.25) is 4.40 Å². The van der Waals surface area contributed by atoms with Crippen LogP contribution in [0.25, 0.3) is 16.8 Å². The molecule has 0 bridgehead atoms. The zero-order valence-corrected chi connectivity index (χ0v) is 11.0. The molecule has 3 aromatic rings. The molecule has 1 N–H and O–H groups in total. The Labute approximate surface area is 112 Å². The molecule has 100 valence electrons. The maximum Gasteiger partial charge on any atom is 0.257 e. The summed E-state index contributed by atoms with van der Waals surface area (Å²) in [6.07, 6.45) is -0.168. The molecule has 0 fully saturated rings. The highest BCUT2D eigenvalue weighted by atomic mass is 32.2. The summed E-state index contributed by atoms with van der Waals surface area (Å²) in [5, 5.41) is 7.33. The van der Waals surface area contributed by atoms with E-state index in [1.165, 1.54) is 6.92 Å². The van der Waals surface area contributed by atoms with Gasteiger partial charge >= 0.3 is 0 Å². The minimum Gasteiger partial charge on any atom is -0.254 e. The summed E-state index contributed by atoms with van der Waals surface area (Å²) in [6.45, 7) is 1.48. The molecule has 0 aliphatic rings. The maximum atomic E-state index is 13.3. The molecule has 1 aromatic carbocycles. The predicted octanol–water partition coefficient (Wildman–Crippen LogP) is 3.35. The van der Waals surface area contributed by atoms with E-state index in [9.17, 15) is 8.78 Å². The minimum atomic E-state index is -2.67. The van der Waals surface area contributed by atoms with Gasteiger partial charge in [0.05, 0.1) is 16.8 Å². The number of thioether (sulfide) groups is 1. The van der Waals surface area contributed by atoms with Crippen LogP contribution in [0.2, 0.25) is 0 Å². The molecule has 4 nitrogen and oxygen atoms in total. The second kappa shape index (κ2) is 4.48. The van der Waals surface area contributed by atoms with Crippen LogP contribution in [0.5, 0.6) is 0 Å². The van der Waals surface area contributed by atoms with Crippen molar-refractivity contribution in [2.45, 2.75) is 24.4 Å². The van der Waals surface area contributed by atoms with Crippen LogP contribution in [0.15, 0.2) is 29.4 Å². The van der Waals surface area contributed by atoms with Crippen LogP contribution in [0, 0.1) is 0 Å². The van der Waals surface area contributed by atoms with Crippen molar-refractivity contribution in [3.05, 3.63) is 24.3 Å². The Hall–Kier alpha value is -1.63. The molecule has 2 heterocycles. The summed E-state index contributed by atoms with van der Waals surface area (Å²) in [5.74, 6) is -2.38. The van der Waals surface area contributed by atoms with Crippen LogP contribution < -0.4 is 0 Å². The van der Waals surface area contributed by atoms with Gasteiger partial charge in [0.1, 0.15) is 0 Å². The molecule has 2 aromatic heterocycles. The van der Waals surface area contributed by atoms with Crippen LogP contribution in [0.3, 0.4) is 0 Å². The van der Waals surface area contributed by atoms with Gasteiger partial charge in [0.2, 0.25) is 5.78 Å². The van der Waals surface area contributed by atoms with E-state index < -0.39 is 5.92 Å². The van der Waals surface area contributed by atoms with Crippen LogP contribution in [0.1, 0.15) is 13.3 Å². The predicted molar refractivity (Wildman–Crippen MR) is 70.8 cm³/mol. The van der Waals surface area contributed by atoms with Crippen LogP contribution in [0.4, 0.5) is 8.78 Å². The number of fused-ring (bicyclic) bond motifs is 3. The van der Waals surface area contributed by atoms with Crippen molar-refractivity contribution in [3.8, 4) is 0 Å². The standard InChI is InChI=1S/C12H12F2N4S/c1-2-12(13,14)7-19-11-17-16-10-15-8-5-3-4-6-9(8)18(10)11/h3-6H,2,7H2,1H3,(H,15,16). The minimum absolute atomic E-state index is 0.168. The van der Waals surface area contributed by atoms with Crippen molar-refractivity contribution in [3.63, 3.8) is 0 Å². The van der Waals surface area contributed by atoms with Gasteiger partial charge in [0.15, 0.2) is 5.16 Å². The zero-order valence-electron chi connectivity index (χ0n) is 10.2. The Bertz CT molecular complexity index is 719. The van der Waals surface area contributed by atoms with Gasteiger partial charge in [0, 0.05) is 6.42 Å². The van der Waals surface area contributed by atoms with Crippen LogP contribution in [-0.2, 0) is 0 Å². The SMILES string of the molecule is CCC(F)(F)CSc1n[nH]c2nc3ccccc3n12. The molecule has 0 saturated carbocycles. The first-order valence-electron chi connectivity index (χ1n) is 5.93. The largest absolute Gasteiger partial charge is 0.257 e. The van der Waals surface area contributed by atoms with Crippen molar-refractivity contribution < 1.29 is 8.78 Å². The molecular weight excluding hydrogens is 270 g/mol. The summed E-state index contributed by atoms with van der Waals surface area (Å²) in [6, 6.07) is 7.55. The van der Waals surface area contributed by atoms with Gasteiger partial charge < -0.3 is 0 Å². The lowest BCUT2D eigenvalue weighted by Gasteiger charge is -2.11. The van der Waals surface area contributed by atoms with Crippen molar-refractivity contribution in [2.24, 2.45) is 0 Å². The van der Waals surface area contributed by atoms with E-state index in [2.05, 4.69) is 15.2 Å². The monoisotopic (exact) mass is 282 g/mol. The Morgan fingerprint density at radius 3 is 2.95 bits per heavy atom. The van der Waals surface area contributed by atoms with Gasteiger partial charge in [-0.15, -0.1) is 5.10 Å². The molecule has 0 radical (unpaired) electrons. The number of alkyl halides is 2. The first kappa shape index (κ1) is 12.4. The number of para-hydroxylation sites is 2. The third-order valence-corrected chi connectivity index (χ3v) is 4.03. The number of hydrogen-bond acceptors (Lipinski definition) is 3. The Morgan fingerprint density at radius 1 is 1.37 bits per heavy atom. The number of benzene rings is 1. The van der Waals surface area contributed by atoms with Gasteiger partial charge in [-0.05, 0) is 12.1 Å².